The summed E-state index contributed by atoms with van der Waals surface area (Å²) in [5, 5.41) is 7.37. The highest BCUT2D eigenvalue weighted by atomic mass is 32.1. The number of rotatable bonds is 7. The van der Waals surface area contributed by atoms with Gasteiger partial charge in [-0.3, -0.25) is 9.47 Å². The van der Waals surface area contributed by atoms with Crippen molar-refractivity contribution in [2.75, 3.05) is 20.2 Å². The lowest BCUT2D eigenvalue weighted by Crippen LogP contribution is -2.28. The van der Waals surface area contributed by atoms with Gasteiger partial charge in [-0.05, 0) is 47.2 Å². The van der Waals surface area contributed by atoms with Crippen LogP contribution in [-0.4, -0.2) is 50.4 Å². The van der Waals surface area contributed by atoms with Crippen LogP contribution < -0.4 is 15.2 Å². The Labute approximate surface area is 206 Å². The van der Waals surface area contributed by atoms with Crippen molar-refractivity contribution in [2.24, 2.45) is 0 Å². The molecule has 5 aromatic rings. The lowest BCUT2D eigenvalue weighted by molar-refractivity contribution is 0.198. The second-order valence-electron chi connectivity index (χ2n) is 8.73. The fraction of sp³-hybridized carbons (Fsp3) is 0.269. The second-order valence-corrected chi connectivity index (χ2v) is 9.59. The van der Waals surface area contributed by atoms with Gasteiger partial charge in [0.15, 0.2) is 5.65 Å². The van der Waals surface area contributed by atoms with E-state index in [1.807, 2.05) is 54.6 Å². The van der Waals surface area contributed by atoms with Crippen LogP contribution >= 0.6 is 11.3 Å². The van der Waals surface area contributed by atoms with E-state index in [1.165, 1.54) is 10.8 Å². The smallest absolute Gasteiger partial charge is 0.352 e. The summed E-state index contributed by atoms with van der Waals surface area (Å²) in [6.07, 6.45) is 2.61. The number of hydrogen-bond donors (Lipinski definition) is 0. The van der Waals surface area contributed by atoms with Crippen LogP contribution in [0.25, 0.3) is 15.9 Å². The number of methoxy groups -OCH3 is 1. The van der Waals surface area contributed by atoms with E-state index >= 15 is 0 Å². The first-order valence-corrected chi connectivity index (χ1v) is 12.5. The van der Waals surface area contributed by atoms with Gasteiger partial charge >= 0.3 is 5.69 Å². The molecule has 1 fully saturated rings. The molecule has 9 heteroatoms. The Morgan fingerprint density at radius 3 is 2.69 bits per heavy atom. The van der Waals surface area contributed by atoms with E-state index < -0.39 is 0 Å². The van der Waals surface area contributed by atoms with Crippen molar-refractivity contribution in [1.29, 1.82) is 0 Å². The molecule has 0 spiro atoms. The number of fused-ring (bicyclic) bond motifs is 3. The third-order valence-electron chi connectivity index (χ3n) is 6.45. The molecule has 1 saturated heterocycles. The number of aromatic nitrogens is 4. The van der Waals surface area contributed by atoms with Crippen LogP contribution in [-0.2, 0) is 13.1 Å². The number of para-hydroxylation sites is 1. The van der Waals surface area contributed by atoms with Crippen LogP contribution in [0.5, 0.6) is 11.5 Å². The van der Waals surface area contributed by atoms with Crippen molar-refractivity contribution in [1.82, 2.24) is 24.1 Å². The third kappa shape index (κ3) is 4.17. The third-order valence-corrected chi connectivity index (χ3v) is 7.50. The first kappa shape index (κ1) is 21.8. The molecule has 0 saturated carbocycles. The first-order valence-electron chi connectivity index (χ1n) is 11.6. The standard InChI is InChI=1S/C26H25N5O3S/c1-33-20-9-7-18(8-10-20)13-30-25-23(24-27-17-28-31(24)26(30)32)19(16-35-25)14-29-12-11-22(15-29)34-21-5-3-2-4-6-21/h2-10,16-17,22H,11-15H2,1H3. The van der Waals surface area contributed by atoms with Gasteiger partial charge in [0.25, 0.3) is 0 Å². The number of thiophene rings is 1. The van der Waals surface area contributed by atoms with Crippen molar-refractivity contribution in [3.05, 3.63) is 87.9 Å². The van der Waals surface area contributed by atoms with E-state index in [9.17, 15) is 4.79 Å². The van der Waals surface area contributed by atoms with Gasteiger partial charge in [0, 0.05) is 19.6 Å². The number of nitrogens with zero attached hydrogens (tertiary/aromatic N) is 5. The minimum atomic E-state index is -0.188. The molecule has 0 amide bonds. The molecule has 0 N–H and O–H groups in total. The normalized spacial score (nSPS) is 16.3. The van der Waals surface area contributed by atoms with Gasteiger partial charge in [-0.2, -0.15) is 9.61 Å². The average Bonchev–Trinajstić information content (AvgIpc) is 3.63. The summed E-state index contributed by atoms with van der Waals surface area (Å²) in [5.74, 6) is 1.70. The topological polar surface area (TPSA) is 73.9 Å². The van der Waals surface area contributed by atoms with Crippen molar-refractivity contribution in [2.45, 2.75) is 25.6 Å². The molecule has 1 atom stereocenters. The van der Waals surface area contributed by atoms with Gasteiger partial charge in [-0.1, -0.05) is 30.3 Å². The van der Waals surface area contributed by atoms with Gasteiger partial charge in [0.05, 0.1) is 19.0 Å². The molecular weight excluding hydrogens is 462 g/mol. The predicted molar refractivity (Wildman–Crippen MR) is 135 cm³/mol. The first-order chi connectivity index (χ1) is 17.2. The van der Waals surface area contributed by atoms with E-state index in [4.69, 9.17) is 9.47 Å². The van der Waals surface area contributed by atoms with Gasteiger partial charge in [0.2, 0.25) is 0 Å². The summed E-state index contributed by atoms with van der Waals surface area (Å²) < 4.78 is 14.6. The van der Waals surface area contributed by atoms with E-state index in [-0.39, 0.29) is 11.8 Å². The molecule has 1 aliphatic rings. The fourth-order valence-corrected chi connectivity index (χ4v) is 5.77. The van der Waals surface area contributed by atoms with Crippen LogP contribution in [0, 0.1) is 0 Å². The summed E-state index contributed by atoms with van der Waals surface area (Å²) in [6, 6.07) is 17.8. The van der Waals surface area contributed by atoms with E-state index in [0.717, 1.165) is 58.9 Å². The van der Waals surface area contributed by atoms with E-state index in [0.29, 0.717) is 12.2 Å². The molecule has 0 radical (unpaired) electrons. The number of likely N-dealkylation sites (tertiary alicyclic amines) is 1. The maximum absolute atomic E-state index is 13.3. The molecule has 178 valence electrons. The fourth-order valence-electron chi connectivity index (χ4n) is 4.71. The summed E-state index contributed by atoms with van der Waals surface area (Å²) in [6.45, 7) is 3.05. The Balaban J connectivity index is 1.30. The van der Waals surface area contributed by atoms with Crippen LogP contribution in [0.2, 0.25) is 0 Å². The monoisotopic (exact) mass is 487 g/mol. The molecule has 0 bridgehead atoms. The molecule has 3 aromatic heterocycles. The van der Waals surface area contributed by atoms with Crippen LogP contribution in [0.3, 0.4) is 0 Å². The Hall–Kier alpha value is -3.69. The van der Waals surface area contributed by atoms with Crippen LogP contribution in [0.1, 0.15) is 17.5 Å². The van der Waals surface area contributed by atoms with Gasteiger partial charge in [-0.25, -0.2) is 9.78 Å². The zero-order valence-electron chi connectivity index (χ0n) is 19.3. The molecule has 8 nitrogen and oxygen atoms in total. The molecule has 0 aliphatic carbocycles. The van der Waals surface area contributed by atoms with Gasteiger partial charge in [-0.15, -0.1) is 11.3 Å². The average molecular weight is 488 g/mol. The summed E-state index contributed by atoms with van der Waals surface area (Å²) in [7, 11) is 1.64. The molecule has 2 aromatic carbocycles. The predicted octanol–water partition coefficient (Wildman–Crippen LogP) is 3.82. The molecule has 4 heterocycles. The minimum absolute atomic E-state index is 0.170. The zero-order valence-corrected chi connectivity index (χ0v) is 20.1. The summed E-state index contributed by atoms with van der Waals surface area (Å²) in [4.78, 5) is 21.0. The lowest BCUT2D eigenvalue weighted by Gasteiger charge is -2.17. The SMILES string of the molecule is COc1ccc(Cn2c(=O)n3ncnc3c3c(CN4CCC(Oc5ccccc5)C4)csc32)cc1. The van der Waals surface area contributed by atoms with E-state index in [2.05, 4.69) is 20.4 Å². The zero-order chi connectivity index (χ0) is 23.8. The van der Waals surface area contributed by atoms with Crippen molar-refractivity contribution in [3.8, 4) is 11.5 Å². The van der Waals surface area contributed by atoms with Gasteiger partial charge < -0.3 is 9.47 Å². The maximum Gasteiger partial charge on any atom is 0.352 e. The maximum atomic E-state index is 13.3. The molecule has 35 heavy (non-hydrogen) atoms. The molecular formula is C26H25N5O3S. The quantitative estimate of drug-likeness (QED) is 0.348. The van der Waals surface area contributed by atoms with Crippen LogP contribution in [0.15, 0.2) is 71.1 Å². The van der Waals surface area contributed by atoms with Crippen molar-refractivity contribution in [3.63, 3.8) is 0 Å². The van der Waals surface area contributed by atoms with Crippen molar-refractivity contribution < 1.29 is 9.47 Å². The van der Waals surface area contributed by atoms with Crippen molar-refractivity contribution >= 4 is 27.2 Å². The highest BCUT2D eigenvalue weighted by Crippen LogP contribution is 2.30. The number of hydrogen-bond acceptors (Lipinski definition) is 7. The summed E-state index contributed by atoms with van der Waals surface area (Å²) in [5.41, 5.74) is 2.60. The largest absolute Gasteiger partial charge is 0.497 e. The highest BCUT2D eigenvalue weighted by Gasteiger charge is 2.26. The number of benzene rings is 2. The molecule has 6 rings (SSSR count). The Bertz CT molecular complexity index is 1520. The minimum Gasteiger partial charge on any atom is -0.497 e. The second kappa shape index (κ2) is 9.16. The highest BCUT2D eigenvalue weighted by molar-refractivity contribution is 7.17. The Morgan fingerprint density at radius 2 is 1.89 bits per heavy atom. The summed E-state index contributed by atoms with van der Waals surface area (Å²) >= 11 is 1.59. The van der Waals surface area contributed by atoms with Gasteiger partial charge in [0.1, 0.15) is 28.8 Å². The Morgan fingerprint density at radius 1 is 1.06 bits per heavy atom. The van der Waals surface area contributed by atoms with Crippen LogP contribution in [0.4, 0.5) is 0 Å². The lowest BCUT2D eigenvalue weighted by atomic mass is 10.2. The molecule has 1 aliphatic heterocycles. The Kier molecular flexibility index (Phi) is 5.71. The molecule has 1 unspecified atom stereocenters. The van der Waals surface area contributed by atoms with E-state index in [1.54, 1.807) is 23.0 Å². The number of ether oxygens (including phenoxy) is 2.